The molecular formula is C19H13ClO3. The summed E-state index contributed by atoms with van der Waals surface area (Å²) in [4.78, 5) is 24.2. The highest BCUT2D eigenvalue weighted by Crippen LogP contribution is 2.19. The first kappa shape index (κ1) is 15.3. The van der Waals surface area contributed by atoms with Crippen molar-refractivity contribution in [3.8, 4) is 0 Å². The van der Waals surface area contributed by atoms with Crippen LogP contribution in [0.5, 0.6) is 0 Å². The molecule has 4 heteroatoms. The number of fused-ring (bicyclic) bond motifs is 1. The zero-order chi connectivity index (χ0) is 16.4. The molecule has 0 amide bonds. The van der Waals surface area contributed by atoms with Crippen LogP contribution in [0, 0.1) is 6.92 Å². The van der Waals surface area contributed by atoms with Crippen LogP contribution < -0.4 is 5.63 Å². The third-order valence-corrected chi connectivity index (χ3v) is 3.70. The lowest BCUT2D eigenvalue weighted by molar-refractivity contribution is 0.104. The van der Waals surface area contributed by atoms with Gasteiger partial charge < -0.3 is 4.42 Å². The number of aryl methyl sites for hydroxylation is 1. The smallest absolute Gasteiger partial charge is 0.347 e. The van der Waals surface area contributed by atoms with E-state index in [0.29, 0.717) is 16.0 Å². The van der Waals surface area contributed by atoms with Gasteiger partial charge in [0.25, 0.3) is 0 Å². The number of hydrogen-bond acceptors (Lipinski definition) is 3. The molecule has 0 fully saturated rings. The highest BCUT2D eigenvalue weighted by molar-refractivity contribution is 6.31. The zero-order valence-corrected chi connectivity index (χ0v) is 13.1. The molecular weight excluding hydrogens is 312 g/mol. The molecule has 1 heterocycles. The number of allylic oxidation sites excluding steroid dienone is 1. The summed E-state index contributed by atoms with van der Waals surface area (Å²) >= 11 is 5.93. The van der Waals surface area contributed by atoms with Crippen molar-refractivity contribution in [2.45, 2.75) is 6.92 Å². The molecule has 2 aromatic carbocycles. The average molecular weight is 325 g/mol. The number of benzene rings is 2. The standard InChI is InChI=1S/C19H13ClO3/c1-12-2-4-13(5-3-12)6-8-17(21)16-11-14-10-15(20)7-9-18(14)23-19(16)22/h2-11H,1H3. The molecule has 3 aromatic rings. The van der Waals surface area contributed by atoms with Gasteiger partial charge in [-0.2, -0.15) is 0 Å². The predicted octanol–water partition coefficient (Wildman–Crippen LogP) is 4.65. The monoisotopic (exact) mass is 324 g/mol. The van der Waals surface area contributed by atoms with Crippen LogP contribution in [0.3, 0.4) is 0 Å². The molecule has 23 heavy (non-hydrogen) atoms. The number of carbonyl (C=O) groups is 1. The Bertz CT molecular complexity index is 966. The molecule has 0 saturated heterocycles. The van der Waals surface area contributed by atoms with E-state index in [-0.39, 0.29) is 5.56 Å². The van der Waals surface area contributed by atoms with Gasteiger partial charge in [0.1, 0.15) is 11.1 Å². The van der Waals surface area contributed by atoms with E-state index in [1.165, 1.54) is 12.1 Å². The molecule has 0 aliphatic heterocycles. The van der Waals surface area contributed by atoms with Gasteiger partial charge in [0.15, 0.2) is 5.78 Å². The fourth-order valence-corrected chi connectivity index (χ4v) is 2.39. The topological polar surface area (TPSA) is 47.3 Å². The first-order chi connectivity index (χ1) is 11.0. The summed E-state index contributed by atoms with van der Waals surface area (Å²) in [5.74, 6) is -0.402. The fourth-order valence-electron chi connectivity index (χ4n) is 2.21. The predicted molar refractivity (Wildman–Crippen MR) is 92.0 cm³/mol. The summed E-state index contributed by atoms with van der Waals surface area (Å²) in [6, 6.07) is 14.1. The lowest BCUT2D eigenvalue weighted by Gasteiger charge is -2.00. The molecule has 3 rings (SSSR count). The van der Waals surface area contributed by atoms with Crippen molar-refractivity contribution in [2.75, 3.05) is 0 Å². The highest BCUT2D eigenvalue weighted by Gasteiger charge is 2.11. The maximum atomic E-state index is 12.3. The van der Waals surface area contributed by atoms with Crippen LogP contribution in [0.25, 0.3) is 17.0 Å². The van der Waals surface area contributed by atoms with Crippen molar-refractivity contribution < 1.29 is 9.21 Å². The Labute approximate surface area is 137 Å². The quantitative estimate of drug-likeness (QED) is 0.400. The molecule has 1 aromatic heterocycles. The Balaban J connectivity index is 1.95. The molecule has 0 N–H and O–H groups in total. The van der Waals surface area contributed by atoms with Crippen molar-refractivity contribution in [3.63, 3.8) is 0 Å². The van der Waals surface area contributed by atoms with E-state index in [0.717, 1.165) is 11.1 Å². The summed E-state index contributed by atoms with van der Waals surface area (Å²) < 4.78 is 5.17. The second-order valence-corrected chi connectivity index (χ2v) is 5.67. The van der Waals surface area contributed by atoms with E-state index in [1.807, 2.05) is 31.2 Å². The lowest BCUT2D eigenvalue weighted by atomic mass is 10.1. The minimum Gasteiger partial charge on any atom is -0.422 e. The molecule has 0 saturated carbocycles. The first-order valence-electron chi connectivity index (χ1n) is 7.05. The van der Waals surface area contributed by atoms with Crippen molar-refractivity contribution >= 4 is 34.4 Å². The van der Waals surface area contributed by atoms with Crippen LogP contribution >= 0.6 is 11.6 Å². The summed E-state index contributed by atoms with van der Waals surface area (Å²) in [5.41, 5.74) is 1.76. The van der Waals surface area contributed by atoms with Crippen molar-refractivity contribution in [2.24, 2.45) is 0 Å². The molecule has 0 radical (unpaired) electrons. The maximum Gasteiger partial charge on any atom is 0.347 e. The molecule has 0 aliphatic carbocycles. The van der Waals surface area contributed by atoms with Crippen LogP contribution in [0.4, 0.5) is 0 Å². The number of ketones is 1. The molecule has 3 nitrogen and oxygen atoms in total. The second kappa shape index (κ2) is 6.23. The number of carbonyl (C=O) groups excluding carboxylic acids is 1. The van der Waals surface area contributed by atoms with Crippen molar-refractivity contribution in [1.82, 2.24) is 0 Å². The van der Waals surface area contributed by atoms with Crippen molar-refractivity contribution in [1.29, 1.82) is 0 Å². The van der Waals surface area contributed by atoms with Crippen LogP contribution in [0.15, 0.2) is 63.8 Å². The van der Waals surface area contributed by atoms with Gasteiger partial charge in [0, 0.05) is 10.4 Å². The molecule has 0 bridgehead atoms. The lowest BCUT2D eigenvalue weighted by Crippen LogP contribution is -2.11. The Kier molecular flexibility index (Phi) is 4.13. The number of rotatable bonds is 3. The SMILES string of the molecule is Cc1ccc(C=CC(=O)c2cc3cc(Cl)ccc3oc2=O)cc1. The molecule has 0 atom stereocenters. The van der Waals surface area contributed by atoms with Gasteiger partial charge in [-0.05, 0) is 42.8 Å². The van der Waals surface area contributed by atoms with E-state index < -0.39 is 11.4 Å². The molecule has 0 aliphatic rings. The summed E-state index contributed by atoms with van der Waals surface area (Å²) in [6.45, 7) is 1.99. The van der Waals surface area contributed by atoms with Gasteiger partial charge in [-0.25, -0.2) is 4.79 Å². The van der Waals surface area contributed by atoms with Gasteiger partial charge in [-0.1, -0.05) is 47.5 Å². The van der Waals surface area contributed by atoms with Gasteiger partial charge >= 0.3 is 5.63 Å². The maximum absolute atomic E-state index is 12.3. The summed E-state index contributed by atoms with van der Waals surface area (Å²) in [5, 5.41) is 1.13. The Morgan fingerprint density at radius 1 is 1.09 bits per heavy atom. The first-order valence-corrected chi connectivity index (χ1v) is 7.43. The number of hydrogen-bond donors (Lipinski definition) is 0. The van der Waals surface area contributed by atoms with Crippen LogP contribution in [-0.4, -0.2) is 5.78 Å². The van der Waals surface area contributed by atoms with E-state index in [1.54, 1.807) is 24.3 Å². The Hall–Kier alpha value is -2.65. The third-order valence-electron chi connectivity index (χ3n) is 3.46. The van der Waals surface area contributed by atoms with Crippen molar-refractivity contribution in [3.05, 3.63) is 86.7 Å². The van der Waals surface area contributed by atoms with Gasteiger partial charge in [-0.3, -0.25) is 4.79 Å². The van der Waals surface area contributed by atoms with E-state index in [2.05, 4.69) is 0 Å². The Morgan fingerprint density at radius 3 is 2.57 bits per heavy atom. The zero-order valence-electron chi connectivity index (χ0n) is 12.4. The molecule has 0 unspecified atom stereocenters. The Morgan fingerprint density at radius 2 is 1.83 bits per heavy atom. The normalized spacial score (nSPS) is 11.2. The van der Waals surface area contributed by atoms with Gasteiger partial charge in [-0.15, -0.1) is 0 Å². The molecule has 0 spiro atoms. The summed E-state index contributed by atoms with van der Waals surface area (Å²) in [7, 11) is 0. The highest BCUT2D eigenvalue weighted by atomic mass is 35.5. The van der Waals surface area contributed by atoms with Gasteiger partial charge in [0.2, 0.25) is 0 Å². The van der Waals surface area contributed by atoms with Crippen LogP contribution in [-0.2, 0) is 0 Å². The van der Waals surface area contributed by atoms with E-state index in [4.69, 9.17) is 16.0 Å². The average Bonchev–Trinajstić information content (AvgIpc) is 2.54. The number of halogens is 1. The molecule has 114 valence electrons. The fraction of sp³-hybridized carbons (Fsp3) is 0.0526. The van der Waals surface area contributed by atoms with E-state index in [9.17, 15) is 9.59 Å². The van der Waals surface area contributed by atoms with Crippen LogP contribution in [0.2, 0.25) is 5.02 Å². The largest absolute Gasteiger partial charge is 0.422 e. The minimum absolute atomic E-state index is 0.0110. The minimum atomic E-state index is -0.654. The van der Waals surface area contributed by atoms with E-state index >= 15 is 0 Å². The van der Waals surface area contributed by atoms with Gasteiger partial charge in [0.05, 0.1) is 0 Å². The second-order valence-electron chi connectivity index (χ2n) is 5.24. The third kappa shape index (κ3) is 3.41. The summed E-state index contributed by atoms with van der Waals surface area (Å²) in [6.07, 6.45) is 3.04. The van der Waals surface area contributed by atoms with Crippen LogP contribution in [0.1, 0.15) is 21.5 Å².